The van der Waals surface area contributed by atoms with E-state index in [1.807, 2.05) is 37.3 Å². The summed E-state index contributed by atoms with van der Waals surface area (Å²) in [5.74, 6) is 5.76. The molecule has 0 amide bonds. The fourth-order valence-corrected chi connectivity index (χ4v) is 1.42. The first-order valence-corrected chi connectivity index (χ1v) is 4.92. The number of pyridine rings is 1. The van der Waals surface area contributed by atoms with Crippen LogP contribution in [-0.2, 0) is 0 Å². The van der Waals surface area contributed by atoms with E-state index in [0.717, 1.165) is 17.3 Å². The van der Waals surface area contributed by atoms with Gasteiger partial charge in [0.05, 0.1) is 5.56 Å². The molecular formula is C13H11NO. The second-order valence-electron chi connectivity index (χ2n) is 3.25. The highest BCUT2D eigenvalue weighted by molar-refractivity contribution is 5.79. The third-order valence-corrected chi connectivity index (χ3v) is 2.15. The predicted molar refractivity (Wildman–Crippen MR) is 61.7 cm³/mol. The molecule has 0 unspecified atom stereocenters. The third-order valence-electron chi connectivity index (χ3n) is 2.15. The van der Waals surface area contributed by atoms with Gasteiger partial charge < -0.3 is 4.98 Å². The summed E-state index contributed by atoms with van der Waals surface area (Å²) >= 11 is 0. The van der Waals surface area contributed by atoms with Crippen LogP contribution in [-0.4, -0.2) is 4.98 Å². The normalized spacial score (nSPS) is 9.67. The Morgan fingerprint density at radius 1 is 1.33 bits per heavy atom. The van der Waals surface area contributed by atoms with Crippen molar-refractivity contribution in [1.82, 2.24) is 4.98 Å². The minimum atomic E-state index is -0.116. The number of hydrogen-bond acceptors (Lipinski definition) is 1. The molecule has 0 spiro atoms. The Morgan fingerprint density at radius 3 is 2.93 bits per heavy atom. The summed E-state index contributed by atoms with van der Waals surface area (Å²) in [6.45, 7) is 1.96. The number of benzene rings is 1. The van der Waals surface area contributed by atoms with Crippen molar-refractivity contribution >= 4 is 10.9 Å². The molecule has 74 valence electrons. The SMILES string of the molecule is CCC#Cc1cc2ccccc2[nH]c1=O. The second-order valence-corrected chi connectivity index (χ2v) is 3.25. The molecule has 0 atom stereocenters. The van der Waals surface area contributed by atoms with Crippen LogP contribution in [0.2, 0.25) is 0 Å². The van der Waals surface area contributed by atoms with Gasteiger partial charge in [0, 0.05) is 11.9 Å². The predicted octanol–water partition coefficient (Wildman–Crippen LogP) is 2.29. The molecule has 1 aromatic carbocycles. The average molecular weight is 197 g/mol. The van der Waals surface area contributed by atoms with Gasteiger partial charge in [-0.25, -0.2) is 0 Å². The average Bonchev–Trinajstić information content (AvgIpc) is 2.26. The first-order valence-electron chi connectivity index (χ1n) is 4.92. The number of nitrogens with one attached hydrogen (secondary N) is 1. The van der Waals surface area contributed by atoms with E-state index < -0.39 is 0 Å². The highest BCUT2D eigenvalue weighted by Crippen LogP contribution is 2.09. The first kappa shape index (κ1) is 9.54. The van der Waals surface area contributed by atoms with Crippen LogP contribution >= 0.6 is 0 Å². The van der Waals surface area contributed by atoms with Crippen molar-refractivity contribution in [1.29, 1.82) is 0 Å². The van der Waals surface area contributed by atoms with Crippen molar-refractivity contribution < 1.29 is 0 Å². The lowest BCUT2D eigenvalue weighted by molar-refractivity contribution is 1.26. The van der Waals surface area contributed by atoms with E-state index in [1.54, 1.807) is 0 Å². The van der Waals surface area contributed by atoms with Crippen LogP contribution in [0.3, 0.4) is 0 Å². The standard InChI is InChI=1S/C13H11NO/c1-2-3-6-11-9-10-7-4-5-8-12(10)14-13(11)15/h4-5,7-9H,2H2,1H3,(H,14,15). The molecule has 15 heavy (non-hydrogen) atoms. The topological polar surface area (TPSA) is 32.9 Å². The van der Waals surface area contributed by atoms with E-state index in [4.69, 9.17) is 0 Å². The van der Waals surface area contributed by atoms with Crippen molar-refractivity contribution in [2.24, 2.45) is 0 Å². The van der Waals surface area contributed by atoms with Gasteiger partial charge in [-0.2, -0.15) is 0 Å². The highest BCUT2D eigenvalue weighted by Gasteiger charge is 1.98. The molecule has 1 aromatic heterocycles. The third kappa shape index (κ3) is 1.92. The Kier molecular flexibility index (Phi) is 2.55. The lowest BCUT2D eigenvalue weighted by Gasteiger charge is -1.97. The molecule has 0 aliphatic heterocycles. The van der Waals surface area contributed by atoms with Gasteiger partial charge in [0.2, 0.25) is 0 Å². The highest BCUT2D eigenvalue weighted by atomic mass is 16.1. The fraction of sp³-hybridized carbons (Fsp3) is 0.154. The van der Waals surface area contributed by atoms with E-state index in [-0.39, 0.29) is 5.56 Å². The molecule has 2 aromatic rings. The quantitative estimate of drug-likeness (QED) is 0.646. The van der Waals surface area contributed by atoms with Crippen LogP contribution in [0, 0.1) is 11.8 Å². The largest absolute Gasteiger partial charge is 0.321 e. The van der Waals surface area contributed by atoms with Crippen molar-refractivity contribution in [3.05, 3.63) is 46.2 Å². The molecule has 2 nitrogen and oxygen atoms in total. The maximum atomic E-state index is 11.6. The van der Waals surface area contributed by atoms with Crippen molar-refractivity contribution in [2.75, 3.05) is 0 Å². The number of fused-ring (bicyclic) bond motifs is 1. The zero-order chi connectivity index (χ0) is 10.7. The molecule has 1 heterocycles. The lowest BCUT2D eigenvalue weighted by atomic mass is 10.1. The van der Waals surface area contributed by atoms with Crippen LogP contribution in [0.15, 0.2) is 35.1 Å². The Labute approximate surface area is 88.0 Å². The summed E-state index contributed by atoms with van der Waals surface area (Å²) in [6, 6.07) is 9.51. The van der Waals surface area contributed by atoms with Gasteiger partial charge in [-0.05, 0) is 17.5 Å². The zero-order valence-electron chi connectivity index (χ0n) is 8.50. The number of aromatic amines is 1. The van der Waals surface area contributed by atoms with Crippen LogP contribution < -0.4 is 5.56 Å². The Morgan fingerprint density at radius 2 is 2.13 bits per heavy atom. The van der Waals surface area contributed by atoms with Crippen LogP contribution in [0.5, 0.6) is 0 Å². The molecule has 0 aliphatic rings. The fourth-order valence-electron chi connectivity index (χ4n) is 1.42. The molecule has 0 radical (unpaired) electrons. The van der Waals surface area contributed by atoms with E-state index in [0.29, 0.717) is 5.56 Å². The van der Waals surface area contributed by atoms with E-state index >= 15 is 0 Å². The minimum Gasteiger partial charge on any atom is -0.321 e. The molecular weight excluding hydrogens is 186 g/mol. The zero-order valence-corrected chi connectivity index (χ0v) is 8.50. The molecule has 2 rings (SSSR count). The van der Waals surface area contributed by atoms with Gasteiger partial charge in [-0.15, -0.1) is 0 Å². The first-order chi connectivity index (χ1) is 7.31. The Bertz CT molecular complexity index is 599. The number of para-hydroxylation sites is 1. The maximum Gasteiger partial charge on any atom is 0.264 e. The molecule has 0 aliphatic carbocycles. The van der Waals surface area contributed by atoms with Gasteiger partial charge in [-0.3, -0.25) is 4.79 Å². The van der Waals surface area contributed by atoms with Gasteiger partial charge in [-0.1, -0.05) is 37.0 Å². The van der Waals surface area contributed by atoms with Crippen molar-refractivity contribution in [3.63, 3.8) is 0 Å². The summed E-state index contributed by atoms with van der Waals surface area (Å²) in [6.07, 6.45) is 0.756. The monoisotopic (exact) mass is 197 g/mol. The smallest absolute Gasteiger partial charge is 0.264 e. The molecule has 0 fully saturated rings. The second kappa shape index (κ2) is 4.02. The van der Waals surface area contributed by atoms with E-state index in [2.05, 4.69) is 16.8 Å². The number of hydrogen-bond donors (Lipinski definition) is 1. The molecule has 0 bridgehead atoms. The van der Waals surface area contributed by atoms with Gasteiger partial charge >= 0.3 is 0 Å². The number of aromatic nitrogens is 1. The molecule has 2 heteroatoms. The van der Waals surface area contributed by atoms with Gasteiger partial charge in [0.1, 0.15) is 0 Å². The summed E-state index contributed by atoms with van der Waals surface area (Å²) in [5, 5.41) is 1.01. The summed E-state index contributed by atoms with van der Waals surface area (Å²) in [7, 11) is 0. The molecule has 1 N–H and O–H groups in total. The number of H-pyrrole nitrogens is 1. The Balaban J connectivity index is 2.67. The summed E-state index contributed by atoms with van der Waals surface area (Å²) < 4.78 is 0. The molecule has 0 saturated carbocycles. The summed E-state index contributed by atoms with van der Waals surface area (Å²) in [5.41, 5.74) is 1.27. The minimum absolute atomic E-state index is 0.116. The van der Waals surface area contributed by atoms with E-state index in [1.165, 1.54) is 0 Å². The molecule has 0 saturated heterocycles. The van der Waals surface area contributed by atoms with Crippen LogP contribution in [0.1, 0.15) is 18.9 Å². The van der Waals surface area contributed by atoms with Crippen LogP contribution in [0.25, 0.3) is 10.9 Å². The van der Waals surface area contributed by atoms with Crippen LogP contribution in [0.4, 0.5) is 0 Å². The number of rotatable bonds is 0. The van der Waals surface area contributed by atoms with Gasteiger partial charge in [0.15, 0.2) is 0 Å². The maximum absolute atomic E-state index is 11.6. The van der Waals surface area contributed by atoms with Gasteiger partial charge in [0.25, 0.3) is 5.56 Å². The Hall–Kier alpha value is -2.01. The summed E-state index contributed by atoms with van der Waals surface area (Å²) in [4.78, 5) is 14.4. The van der Waals surface area contributed by atoms with Crippen molar-refractivity contribution in [2.45, 2.75) is 13.3 Å². The van der Waals surface area contributed by atoms with Crippen molar-refractivity contribution in [3.8, 4) is 11.8 Å². The van der Waals surface area contributed by atoms with E-state index in [9.17, 15) is 4.79 Å². The lowest BCUT2D eigenvalue weighted by Crippen LogP contribution is -2.09.